The summed E-state index contributed by atoms with van der Waals surface area (Å²) in [6, 6.07) is 0. The number of ether oxygens (including phenoxy) is 12. The van der Waals surface area contributed by atoms with Crippen molar-refractivity contribution < 1.29 is 105 Å². The standard InChI is InChI=1S/C15H22O3.C14H16O6.C12H14O4.C11H12O5.C8H10O4/c1-9(2)15(16)18-8-17-14-12-4-10-3-11(6-12)7-13(14)5-10;1-6(2)13(16)18-5-10(15)19-11-7-3-8-9(4-7)14(17)20-12(8)11;1-5(2)11(13)15-9-6-3-7-8(4-6)12(14)16-10(7)9;1-4(2)10(12)15-8-6-3-5-7(14-6)9(8)16-11(5)13;1-5(2)7(9)12-6-3-4-11-8(6)10/h10-14H,1,3-8H2,2H3;7-9,11-12H,1,3-5H2,2H3;6-10H,1,3-4H2,2H3;5-9H,1,3H2,2H3;6H,1,3-4H2,2H3. The van der Waals surface area contributed by atoms with Gasteiger partial charge in [-0.2, -0.15) is 0 Å². The molecule has 22 nitrogen and oxygen atoms in total. The number of carbonyl (C=O) groups is 10. The van der Waals surface area contributed by atoms with E-state index < -0.39 is 60.9 Å². The van der Waals surface area contributed by atoms with E-state index in [9.17, 15) is 47.9 Å². The fourth-order valence-corrected chi connectivity index (χ4v) is 14.6. The summed E-state index contributed by atoms with van der Waals surface area (Å²) in [5.74, 6) is 0.225. The van der Waals surface area contributed by atoms with E-state index in [1.807, 2.05) is 0 Å². The number of fused-ring (bicyclic) bond motifs is 3. The predicted molar refractivity (Wildman–Crippen MR) is 279 cm³/mol. The fraction of sp³-hybridized carbons (Fsp3) is 0.667. The van der Waals surface area contributed by atoms with Gasteiger partial charge in [-0.3, -0.25) is 14.4 Å². The topological polar surface area (TPSA) is 281 Å². The van der Waals surface area contributed by atoms with Crippen LogP contribution in [0.1, 0.15) is 105 Å². The minimum absolute atomic E-state index is 0.0128. The average molecular weight is 1150 g/mol. The molecule has 16 unspecified atom stereocenters. The second-order valence-electron chi connectivity index (χ2n) is 24.3. The minimum atomic E-state index is -0.728. The zero-order valence-electron chi connectivity index (χ0n) is 47.0. The minimum Gasteiger partial charge on any atom is -0.463 e. The zero-order valence-corrected chi connectivity index (χ0v) is 47.0. The van der Waals surface area contributed by atoms with Gasteiger partial charge >= 0.3 is 59.7 Å². The summed E-state index contributed by atoms with van der Waals surface area (Å²) >= 11 is 0. The van der Waals surface area contributed by atoms with Crippen LogP contribution >= 0.6 is 0 Å². The first-order chi connectivity index (χ1) is 38.9. The van der Waals surface area contributed by atoms with Crippen molar-refractivity contribution in [2.24, 2.45) is 65.1 Å². The van der Waals surface area contributed by atoms with Gasteiger partial charge in [0, 0.05) is 58.0 Å². The number of rotatable bonds is 14. The van der Waals surface area contributed by atoms with Crippen LogP contribution < -0.4 is 0 Å². The number of cyclic esters (lactones) is 1. The van der Waals surface area contributed by atoms with Crippen LogP contribution in [-0.4, -0.2) is 141 Å². The van der Waals surface area contributed by atoms with Crippen molar-refractivity contribution in [2.45, 2.75) is 166 Å². The molecule has 14 aliphatic rings. The molecule has 0 aromatic rings. The Bertz CT molecular complexity index is 2580. The molecule has 16 atom stereocenters. The number of hydrogen-bond donors (Lipinski definition) is 0. The van der Waals surface area contributed by atoms with Crippen molar-refractivity contribution >= 4 is 59.7 Å². The van der Waals surface area contributed by atoms with Crippen LogP contribution in [0.4, 0.5) is 0 Å². The summed E-state index contributed by atoms with van der Waals surface area (Å²) in [5, 5.41) is 0. The van der Waals surface area contributed by atoms with Crippen molar-refractivity contribution in [2.75, 3.05) is 20.0 Å². The average Bonchev–Trinajstić information content (AvgIpc) is 3.25. The Labute approximate surface area is 475 Å². The molecule has 6 saturated heterocycles. The zero-order chi connectivity index (χ0) is 59.2. The first-order valence-electron chi connectivity index (χ1n) is 28.4. The highest BCUT2D eigenvalue weighted by Crippen LogP contribution is 2.57. The molecule has 0 spiro atoms. The van der Waals surface area contributed by atoms with E-state index in [-0.39, 0.29) is 114 Å². The van der Waals surface area contributed by atoms with Gasteiger partial charge < -0.3 is 56.8 Å². The quantitative estimate of drug-likeness (QED) is 0.0938. The van der Waals surface area contributed by atoms with E-state index >= 15 is 0 Å². The Morgan fingerprint density at radius 1 is 0.451 bits per heavy atom. The second kappa shape index (κ2) is 24.6. The summed E-state index contributed by atoms with van der Waals surface area (Å²) in [7, 11) is 0. The summed E-state index contributed by atoms with van der Waals surface area (Å²) in [4.78, 5) is 113. The number of hydrogen-bond acceptors (Lipinski definition) is 22. The predicted octanol–water partition coefficient (Wildman–Crippen LogP) is 5.17. The lowest BCUT2D eigenvalue weighted by molar-refractivity contribution is -0.183. The lowest BCUT2D eigenvalue weighted by Crippen LogP contribution is -2.49. The molecule has 22 heteroatoms. The maximum atomic E-state index is 11.7. The van der Waals surface area contributed by atoms with E-state index in [1.165, 1.54) is 46.0 Å². The molecule has 0 N–H and O–H groups in total. The van der Waals surface area contributed by atoms with Crippen molar-refractivity contribution in [3.63, 3.8) is 0 Å². The van der Waals surface area contributed by atoms with Gasteiger partial charge in [0.15, 0.2) is 25.6 Å². The monoisotopic (exact) mass is 1150 g/mol. The summed E-state index contributed by atoms with van der Waals surface area (Å²) in [5.41, 5.74) is 1.68. The molecule has 82 heavy (non-hydrogen) atoms. The lowest BCUT2D eigenvalue weighted by atomic mass is 9.55. The van der Waals surface area contributed by atoms with Crippen LogP contribution in [0.2, 0.25) is 0 Å². The van der Waals surface area contributed by atoms with Crippen molar-refractivity contribution in [3.05, 3.63) is 60.8 Å². The Morgan fingerprint density at radius 3 is 1.40 bits per heavy atom. The van der Waals surface area contributed by atoms with E-state index in [0.717, 1.165) is 37.5 Å². The molecule has 0 aromatic heterocycles. The smallest absolute Gasteiger partial charge is 0.347 e. The van der Waals surface area contributed by atoms with Crippen molar-refractivity contribution in [3.8, 4) is 0 Å². The molecular weight excluding hydrogens is 1070 g/mol. The molecule has 14 rings (SSSR count). The summed E-state index contributed by atoms with van der Waals surface area (Å²) < 4.78 is 62.3. The lowest BCUT2D eigenvalue weighted by Gasteiger charge is -2.53. The molecular formula is C60H74O22. The molecule has 14 fully saturated rings. The van der Waals surface area contributed by atoms with Gasteiger partial charge in [-0.15, -0.1) is 0 Å². The van der Waals surface area contributed by atoms with Gasteiger partial charge in [0.2, 0.25) is 6.10 Å². The largest absolute Gasteiger partial charge is 0.463 e. The maximum Gasteiger partial charge on any atom is 0.347 e. The van der Waals surface area contributed by atoms with Gasteiger partial charge in [0.25, 0.3) is 0 Å². The van der Waals surface area contributed by atoms with Crippen molar-refractivity contribution in [1.29, 1.82) is 0 Å². The Kier molecular flexibility index (Phi) is 18.0. The van der Waals surface area contributed by atoms with Crippen LogP contribution in [-0.2, 0) is 105 Å². The molecule has 10 bridgehead atoms. The highest BCUT2D eigenvalue weighted by molar-refractivity contribution is 5.91. The van der Waals surface area contributed by atoms with E-state index in [0.29, 0.717) is 60.0 Å². The van der Waals surface area contributed by atoms with Gasteiger partial charge in [0.1, 0.15) is 30.5 Å². The van der Waals surface area contributed by atoms with E-state index in [1.54, 1.807) is 20.8 Å². The number of carbonyl (C=O) groups excluding carboxylic acids is 10. The van der Waals surface area contributed by atoms with Gasteiger partial charge in [-0.1, -0.05) is 32.9 Å². The Morgan fingerprint density at radius 2 is 0.902 bits per heavy atom. The van der Waals surface area contributed by atoms with E-state index in [4.69, 9.17) is 52.1 Å². The number of esters is 10. The van der Waals surface area contributed by atoms with Gasteiger partial charge in [-0.05, 0) is 122 Å². The summed E-state index contributed by atoms with van der Waals surface area (Å²) in [6.07, 6.45) is 8.31. The van der Waals surface area contributed by atoms with E-state index in [2.05, 4.69) is 37.6 Å². The normalized spacial score (nSPS) is 38.0. The third-order valence-electron chi connectivity index (χ3n) is 18.2. The third kappa shape index (κ3) is 12.6. The molecule has 0 aromatic carbocycles. The molecule has 6 heterocycles. The van der Waals surface area contributed by atoms with Crippen LogP contribution in [0.25, 0.3) is 0 Å². The van der Waals surface area contributed by atoms with Crippen LogP contribution in [0.3, 0.4) is 0 Å². The molecule has 0 amide bonds. The van der Waals surface area contributed by atoms with Crippen LogP contribution in [0, 0.1) is 65.1 Å². The first-order valence-corrected chi connectivity index (χ1v) is 28.4. The SMILES string of the molecule is C=C(C)C(=O)OC1C2CC3C(=O)OC1C3C2.C=C(C)C(=O)OC1C2CC3C(=O)OC1C3O2.C=C(C)C(=O)OC1CCOC1=O.C=C(C)C(=O)OCC(=O)OC1C2CC3C(=O)OC1C3C2.C=C(C)C(=O)OCOC1C2CC3CC(C2)CC1C3. The van der Waals surface area contributed by atoms with Crippen LogP contribution in [0.15, 0.2) is 60.8 Å². The summed E-state index contributed by atoms with van der Waals surface area (Å²) in [6.45, 7) is 25.3. The molecule has 8 saturated carbocycles. The maximum absolute atomic E-state index is 11.7. The highest BCUT2D eigenvalue weighted by atomic mass is 16.7. The third-order valence-corrected chi connectivity index (χ3v) is 18.2. The highest BCUT2D eigenvalue weighted by Gasteiger charge is 2.66. The molecule has 446 valence electrons. The Balaban J connectivity index is 0.000000125. The van der Waals surface area contributed by atoms with Gasteiger partial charge in [0.05, 0.1) is 36.6 Å². The Hall–Kier alpha value is -6.68. The van der Waals surface area contributed by atoms with Crippen molar-refractivity contribution in [1.82, 2.24) is 0 Å². The molecule has 6 aliphatic heterocycles. The van der Waals surface area contributed by atoms with Gasteiger partial charge in [-0.25, -0.2) is 33.6 Å². The second-order valence-corrected chi connectivity index (χ2v) is 24.3. The molecule has 8 aliphatic carbocycles. The molecule has 0 radical (unpaired) electrons. The van der Waals surface area contributed by atoms with Crippen LogP contribution in [0.5, 0.6) is 0 Å². The first kappa shape index (κ1) is 59.9. The fourth-order valence-electron chi connectivity index (χ4n) is 14.6.